The molecule has 148 valence electrons. The summed E-state index contributed by atoms with van der Waals surface area (Å²) >= 11 is 0. The van der Waals surface area contributed by atoms with Crippen LogP contribution in [0.3, 0.4) is 0 Å². The molecule has 0 aromatic heterocycles. The van der Waals surface area contributed by atoms with E-state index in [0.717, 1.165) is 24.1 Å². The van der Waals surface area contributed by atoms with Gasteiger partial charge in [0.25, 0.3) is 5.91 Å². The standard InChI is InChI=1S/C21H24FN3O3/c1-13(2)15-7-5-14(6-8-15)4-3-11-24-20(27)21(28)25-16-9-10-18(22)17(12-16)19(23)26/h5-10,12-13H,3-4,11H2,1-2H3,(H2,23,26)(H,24,27)(H,25,28). The molecule has 0 saturated heterocycles. The molecule has 7 heteroatoms. The van der Waals surface area contributed by atoms with Crippen LogP contribution in [0.4, 0.5) is 10.1 Å². The molecule has 0 aliphatic rings. The van der Waals surface area contributed by atoms with Gasteiger partial charge in [-0.05, 0) is 48.1 Å². The van der Waals surface area contributed by atoms with Gasteiger partial charge in [-0.1, -0.05) is 38.1 Å². The highest BCUT2D eigenvalue weighted by Gasteiger charge is 2.15. The fraction of sp³-hybridized carbons (Fsp3) is 0.286. The molecule has 0 unspecified atom stereocenters. The van der Waals surface area contributed by atoms with Crippen LogP contribution >= 0.6 is 0 Å². The highest BCUT2D eigenvalue weighted by atomic mass is 19.1. The first-order chi connectivity index (χ1) is 13.3. The second kappa shape index (κ2) is 9.64. The average molecular weight is 385 g/mol. The van der Waals surface area contributed by atoms with Crippen LogP contribution in [0.1, 0.15) is 47.7 Å². The molecule has 2 aromatic rings. The fourth-order valence-corrected chi connectivity index (χ4v) is 2.62. The van der Waals surface area contributed by atoms with Crippen molar-refractivity contribution in [3.8, 4) is 0 Å². The van der Waals surface area contributed by atoms with Gasteiger partial charge in [0, 0.05) is 12.2 Å². The number of amides is 3. The average Bonchev–Trinajstić information content (AvgIpc) is 2.66. The maximum Gasteiger partial charge on any atom is 0.313 e. The van der Waals surface area contributed by atoms with Gasteiger partial charge in [0.2, 0.25) is 0 Å². The number of hydrogen-bond donors (Lipinski definition) is 3. The number of benzene rings is 2. The summed E-state index contributed by atoms with van der Waals surface area (Å²) in [6, 6.07) is 11.6. The van der Waals surface area contributed by atoms with Crippen molar-refractivity contribution < 1.29 is 18.8 Å². The Bertz CT molecular complexity index is 864. The van der Waals surface area contributed by atoms with Crippen LogP contribution in [0.15, 0.2) is 42.5 Å². The predicted octanol–water partition coefficient (Wildman–Crippen LogP) is 2.74. The van der Waals surface area contributed by atoms with E-state index in [2.05, 4.69) is 48.7 Å². The number of hydrogen-bond acceptors (Lipinski definition) is 3. The quantitative estimate of drug-likeness (QED) is 0.504. The number of aryl methyl sites for hydroxylation is 1. The van der Waals surface area contributed by atoms with Crippen LogP contribution < -0.4 is 16.4 Å². The van der Waals surface area contributed by atoms with Gasteiger partial charge in [-0.3, -0.25) is 14.4 Å². The maximum absolute atomic E-state index is 13.4. The smallest absolute Gasteiger partial charge is 0.313 e. The first-order valence-corrected chi connectivity index (χ1v) is 9.05. The van der Waals surface area contributed by atoms with E-state index in [1.54, 1.807) is 0 Å². The van der Waals surface area contributed by atoms with Crippen molar-refractivity contribution >= 4 is 23.4 Å². The first kappa shape index (κ1) is 21.1. The third-order valence-corrected chi connectivity index (χ3v) is 4.27. The summed E-state index contributed by atoms with van der Waals surface area (Å²) in [5.74, 6) is -2.98. The lowest BCUT2D eigenvalue weighted by atomic mass is 10.0. The number of rotatable bonds is 7. The van der Waals surface area contributed by atoms with Crippen LogP contribution in [-0.4, -0.2) is 24.3 Å². The van der Waals surface area contributed by atoms with Crippen LogP contribution in [0.25, 0.3) is 0 Å². The van der Waals surface area contributed by atoms with Crippen LogP contribution in [0, 0.1) is 5.82 Å². The van der Waals surface area contributed by atoms with Crippen molar-refractivity contribution in [2.45, 2.75) is 32.6 Å². The number of carbonyl (C=O) groups is 3. The van der Waals surface area contributed by atoms with Crippen molar-refractivity contribution in [3.63, 3.8) is 0 Å². The van der Waals surface area contributed by atoms with Gasteiger partial charge in [-0.2, -0.15) is 0 Å². The first-order valence-electron chi connectivity index (χ1n) is 9.05. The Balaban J connectivity index is 1.79. The van der Waals surface area contributed by atoms with E-state index < -0.39 is 23.5 Å². The Hall–Kier alpha value is -3.22. The van der Waals surface area contributed by atoms with Crippen LogP contribution in [0.2, 0.25) is 0 Å². The van der Waals surface area contributed by atoms with Gasteiger partial charge in [0.05, 0.1) is 5.56 Å². The Labute approximate surface area is 163 Å². The van der Waals surface area contributed by atoms with Crippen molar-refractivity contribution in [2.24, 2.45) is 5.73 Å². The second-order valence-electron chi connectivity index (χ2n) is 6.77. The summed E-state index contributed by atoms with van der Waals surface area (Å²) in [6.45, 7) is 4.61. The number of primary amides is 1. The van der Waals surface area contributed by atoms with E-state index in [9.17, 15) is 18.8 Å². The number of carbonyl (C=O) groups excluding carboxylic acids is 3. The zero-order valence-corrected chi connectivity index (χ0v) is 15.9. The molecule has 2 rings (SSSR count). The molecule has 28 heavy (non-hydrogen) atoms. The fourth-order valence-electron chi connectivity index (χ4n) is 2.62. The number of nitrogens with one attached hydrogen (secondary N) is 2. The molecule has 0 spiro atoms. The zero-order chi connectivity index (χ0) is 20.7. The Morgan fingerprint density at radius 3 is 2.32 bits per heavy atom. The largest absolute Gasteiger partial charge is 0.366 e. The number of halogens is 1. The van der Waals surface area contributed by atoms with E-state index >= 15 is 0 Å². The molecule has 0 radical (unpaired) electrons. The van der Waals surface area contributed by atoms with E-state index in [-0.39, 0.29) is 11.3 Å². The molecule has 3 amide bonds. The predicted molar refractivity (Wildman–Crippen MR) is 105 cm³/mol. The lowest BCUT2D eigenvalue weighted by molar-refractivity contribution is -0.136. The molecule has 2 aromatic carbocycles. The number of anilines is 1. The van der Waals surface area contributed by atoms with Gasteiger partial charge in [0.15, 0.2) is 0 Å². The topological polar surface area (TPSA) is 101 Å². The SMILES string of the molecule is CC(C)c1ccc(CCCNC(=O)C(=O)Nc2ccc(F)c(C(N)=O)c2)cc1. The summed E-state index contributed by atoms with van der Waals surface area (Å²) in [5.41, 5.74) is 7.24. The molecule has 0 fully saturated rings. The Morgan fingerprint density at radius 2 is 1.71 bits per heavy atom. The minimum absolute atomic E-state index is 0.112. The van der Waals surface area contributed by atoms with Gasteiger partial charge in [-0.25, -0.2) is 4.39 Å². The minimum atomic E-state index is -0.959. The van der Waals surface area contributed by atoms with Crippen LogP contribution in [-0.2, 0) is 16.0 Å². The molecule has 0 bridgehead atoms. The van der Waals surface area contributed by atoms with Crippen molar-refractivity contribution in [1.29, 1.82) is 0 Å². The van der Waals surface area contributed by atoms with E-state index in [1.165, 1.54) is 11.6 Å². The third kappa shape index (κ3) is 5.90. The highest BCUT2D eigenvalue weighted by molar-refractivity contribution is 6.39. The lowest BCUT2D eigenvalue weighted by Crippen LogP contribution is -2.36. The van der Waals surface area contributed by atoms with Crippen LogP contribution in [0.5, 0.6) is 0 Å². The van der Waals surface area contributed by atoms with Crippen molar-refractivity contribution in [1.82, 2.24) is 5.32 Å². The lowest BCUT2D eigenvalue weighted by Gasteiger charge is -2.09. The number of nitrogens with two attached hydrogens (primary N) is 1. The van der Waals surface area contributed by atoms with Crippen molar-refractivity contribution in [2.75, 3.05) is 11.9 Å². The van der Waals surface area contributed by atoms with Crippen molar-refractivity contribution in [3.05, 3.63) is 65.0 Å². The zero-order valence-electron chi connectivity index (χ0n) is 15.9. The van der Waals surface area contributed by atoms with E-state index in [1.807, 2.05) is 0 Å². The molecule has 6 nitrogen and oxygen atoms in total. The van der Waals surface area contributed by atoms with E-state index in [0.29, 0.717) is 18.9 Å². The second-order valence-corrected chi connectivity index (χ2v) is 6.77. The normalized spacial score (nSPS) is 10.6. The summed E-state index contributed by atoms with van der Waals surface area (Å²) in [7, 11) is 0. The molecular weight excluding hydrogens is 361 g/mol. The minimum Gasteiger partial charge on any atom is -0.366 e. The molecule has 0 atom stereocenters. The summed E-state index contributed by atoms with van der Waals surface area (Å²) in [6.07, 6.45) is 1.46. The maximum atomic E-state index is 13.4. The molecule has 4 N–H and O–H groups in total. The molecule has 0 aliphatic carbocycles. The molecular formula is C21H24FN3O3. The third-order valence-electron chi connectivity index (χ3n) is 4.27. The van der Waals surface area contributed by atoms with Gasteiger partial charge in [-0.15, -0.1) is 0 Å². The molecule has 0 heterocycles. The Morgan fingerprint density at radius 1 is 1.04 bits per heavy atom. The summed E-state index contributed by atoms with van der Waals surface area (Å²) in [5, 5.41) is 4.85. The van der Waals surface area contributed by atoms with Gasteiger partial charge in [0.1, 0.15) is 5.82 Å². The molecule has 0 saturated carbocycles. The van der Waals surface area contributed by atoms with Gasteiger partial charge >= 0.3 is 11.8 Å². The molecule has 0 aliphatic heterocycles. The Kier molecular flexibility index (Phi) is 7.26. The summed E-state index contributed by atoms with van der Waals surface area (Å²) in [4.78, 5) is 34.9. The van der Waals surface area contributed by atoms with Gasteiger partial charge < -0.3 is 16.4 Å². The summed E-state index contributed by atoms with van der Waals surface area (Å²) < 4.78 is 13.4. The monoisotopic (exact) mass is 385 g/mol. The van der Waals surface area contributed by atoms with E-state index in [4.69, 9.17) is 5.73 Å². The highest BCUT2D eigenvalue weighted by Crippen LogP contribution is 2.16.